The molecule has 0 aromatic carbocycles. The van der Waals surface area contributed by atoms with Gasteiger partial charge >= 0.3 is 0 Å². The van der Waals surface area contributed by atoms with Gasteiger partial charge in [-0.15, -0.1) is 0 Å². The van der Waals surface area contributed by atoms with Crippen molar-refractivity contribution in [3.05, 3.63) is 0 Å². The van der Waals surface area contributed by atoms with Crippen molar-refractivity contribution >= 4 is 0 Å². The van der Waals surface area contributed by atoms with Gasteiger partial charge in [-0.05, 0) is 59.4 Å². The molecule has 1 aliphatic rings. The second kappa shape index (κ2) is 6.88. The zero-order valence-corrected chi connectivity index (χ0v) is 12.8. The molecule has 1 saturated heterocycles. The van der Waals surface area contributed by atoms with E-state index in [4.69, 9.17) is 9.47 Å². The van der Waals surface area contributed by atoms with Crippen molar-refractivity contribution in [2.75, 3.05) is 20.3 Å². The molecule has 0 spiro atoms. The largest absolute Gasteiger partial charge is 0.379 e. The Labute approximate surface area is 113 Å². The molecule has 0 aromatic heterocycles. The Hall–Kier alpha value is -0.120. The number of hydrogen-bond donors (Lipinski definition) is 1. The average molecular weight is 257 g/mol. The summed E-state index contributed by atoms with van der Waals surface area (Å²) in [5, 5.41) is 3.61. The average Bonchev–Trinajstić information content (AvgIpc) is 2.35. The van der Waals surface area contributed by atoms with E-state index in [-0.39, 0.29) is 11.2 Å². The van der Waals surface area contributed by atoms with Crippen molar-refractivity contribution in [2.24, 2.45) is 0 Å². The summed E-state index contributed by atoms with van der Waals surface area (Å²) in [5.74, 6) is 0. The first-order valence-electron chi connectivity index (χ1n) is 7.36. The molecular formula is C15H31NO2. The van der Waals surface area contributed by atoms with Gasteiger partial charge in [0.15, 0.2) is 0 Å². The molecule has 1 rings (SSSR count). The minimum atomic E-state index is -0.0430. The van der Waals surface area contributed by atoms with E-state index >= 15 is 0 Å². The molecule has 3 nitrogen and oxygen atoms in total. The molecular weight excluding hydrogens is 226 g/mol. The number of hydrogen-bond acceptors (Lipinski definition) is 3. The highest BCUT2D eigenvalue weighted by Crippen LogP contribution is 2.31. The van der Waals surface area contributed by atoms with Crippen LogP contribution < -0.4 is 5.32 Å². The Morgan fingerprint density at radius 2 is 2.11 bits per heavy atom. The molecule has 0 radical (unpaired) electrons. The van der Waals surface area contributed by atoms with Gasteiger partial charge in [-0.25, -0.2) is 0 Å². The number of likely N-dealkylation sites (N-methyl/N-ethyl adjacent to an activating group) is 1. The lowest BCUT2D eigenvalue weighted by molar-refractivity contribution is -0.0941. The standard InChI is InChI=1S/C15H31NO2/c1-6-16-13(9-11-14(2,3)17-5)15(4)10-7-8-12-18-15/h13,16H,6-12H2,1-5H3. The van der Waals surface area contributed by atoms with Gasteiger partial charge in [0, 0.05) is 19.8 Å². The lowest BCUT2D eigenvalue weighted by atomic mass is 9.83. The summed E-state index contributed by atoms with van der Waals surface area (Å²) in [6.07, 6.45) is 5.81. The number of nitrogens with one attached hydrogen (secondary N) is 1. The normalized spacial score (nSPS) is 27.2. The Morgan fingerprint density at radius 3 is 2.61 bits per heavy atom. The minimum absolute atomic E-state index is 0.00190. The number of ether oxygens (including phenoxy) is 2. The second-order valence-electron chi connectivity index (χ2n) is 6.23. The van der Waals surface area contributed by atoms with Crippen molar-refractivity contribution in [3.63, 3.8) is 0 Å². The van der Waals surface area contributed by atoms with Crippen LogP contribution in [0, 0.1) is 0 Å². The molecule has 0 saturated carbocycles. The first-order chi connectivity index (χ1) is 8.43. The van der Waals surface area contributed by atoms with Crippen LogP contribution in [0.2, 0.25) is 0 Å². The van der Waals surface area contributed by atoms with Crippen LogP contribution in [0.1, 0.15) is 59.8 Å². The van der Waals surface area contributed by atoms with E-state index in [0.29, 0.717) is 6.04 Å². The summed E-state index contributed by atoms with van der Waals surface area (Å²) in [6.45, 7) is 10.6. The van der Waals surface area contributed by atoms with Gasteiger partial charge < -0.3 is 14.8 Å². The summed E-state index contributed by atoms with van der Waals surface area (Å²) < 4.78 is 11.6. The highest BCUT2D eigenvalue weighted by molar-refractivity contribution is 4.92. The molecule has 0 amide bonds. The van der Waals surface area contributed by atoms with Crippen molar-refractivity contribution < 1.29 is 9.47 Å². The lowest BCUT2D eigenvalue weighted by Crippen LogP contribution is -2.52. The Balaban J connectivity index is 2.58. The van der Waals surface area contributed by atoms with Crippen LogP contribution in [0.25, 0.3) is 0 Å². The van der Waals surface area contributed by atoms with Crippen molar-refractivity contribution in [3.8, 4) is 0 Å². The molecule has 1 heterocycles. The molecule has 0 aliphatic carbocycles. The zero-order valence-electron chi connectivity index (χ0n) is 12.8. The van der Waals surface area contributed by atoms with Gasteiger partial charge in [-0.1, -0.05) is 6.92 Å². The summed E-state index contributed by atoms with van der Waals surface area (Å²) >= 11 is 0. The van der Waals surface area contributed by atoms with Crippen LogP contribution in [-0.4, -0.2) is 37.5 Å². The first kappa shape index (κ1) is 15.9. The minimum Gasteiger partial charge on any atom is -0.379 e. The Bertz CT molecular complexity index is 235. The predicted molar refractivity (Wildman–Crippen MR) is 76.0 cm³/mol. The van der Waals surface area contributed by atoms with Gasteiger partial charge in [0.2, 0.25) is 0 Å². The van der Waals surface area contributed by atoms with Crippen LogP contribution in [0.3, 0.4) is 0 Å². The van der Waals surface area contributed by atoms with E-state index in [0.717, 1.165) is 32.4 Å². The SMILES string of the molecule is CCNC(CCC(C)(C)OC)C1(C)CCCCO1. The van der Waals surface area contributed by atoms with E-state index in [9.17, 15) is 0 Å². The fraction of sp³-hybridized carbons (Fsp3) is 1.00. The first-order valence-corrected chi connectivity index (χ1v) is 7.36. The van der Waals surface area contributed by atoms with Gasteiger partial charge in [-0.2, -0.15) is 0 Å². The van der Waals surface area contributed by atoms with Crippen LogP contribution in [-0.2, 0) is 9.47 Å². The van der Waals surface area contributed by atoms with Crippen LogP contribution in [0.5, 0.6) is 0 Å². The van der Waals surface area contributed by atoms with Crippen molar-refractivity contribution in [2.45, 2.75) is 77.0 Å². The molecule has 18 heavy (non-hydrogen) atoms. The van der Waals surface area contributed by atoms with E-state index in [1.54, 1.807) is 7.11 Å². The third-order valence-electron chi connectivity index (χ3n) is 4.27. The van der Waals surface area contributed by atoms with Gasteiger partial charge in [0.05, 0.1) is 11.2 Å². The maximum Gasteiger partial charge on any atom is 0.0806 e. The maximum absolute atomic E-state index is 6.08. The quantitative estimate of drug-likeness (QED) is 0.760. The predicted octanol–water partition coefficient (Wildman–Crippen LogP) is 3.13. The van der Waals surface area contributed by atoms with E-state index < -0.39 is 0 Å². The monoisotopic (exact) mass is 257 g/mol. The third kappa shape index (κ3) is 4.52. The van der Waals surface area contributed by atoms with E-state index in [1.807, 2.05) is 0 Å². The lowest BCUT2D eigenvalue weighted by Gasteiger charge is -2.42. The highest BCUT2D eigenvalue weighted by atomic mass is 16.5. The molecule has 1 N–H and O–H groups in total. The summed E-state index contributed by atoms with van der Waals surface area (Å²) in [4.78, 5) is 0. The van der Waals surface area contributed by atoms with Crippen LogP contribution >= 0.6 is 0 Å². The summed E-state index contributed by atoms with van der Waals surface area (Å²) in [5.41, 5.74) is -0.0449. The number of rotatable bonds is 7. The fourth-order valence-electron chi connectivity index (χ4n) is 2.69. The van der Waals surface area contributed by atoms with Gasteiger partial charge in [0.25, 0.3) is 0 Å². The van der Waals surface area contributed by atoms with Gasteiger partial charge in [0.1, 0.15) is 0 Å². The van der Waals surface area contributed by atoms with Crippen molar-refractivity contribution in [1.29, 1.82) is 0 Å². The Morgan fingerprint density at radius 1 is 1.39 bits per heavy atom. The fourth-order valence-corrected chi connectivity index (χ4v) is 2.69. The van der Waals surface area contributed by atoms with E-state index in [2.05, 4.69) is 33.0 Å². The van der Waals surface area contributed by atoms with E-state index in [1.165, 1.54) is 12.8 Å². The summed E-state index contributed by atoms with van der Waals surface area (Å²) in [6, 6.07) is 0.428. The topological polar surface area (TPSA) is 30.5 Å². The zero-order chi connectivity index (χ0) is 13.6. The third-order valence-corrected chi connectivity index (χ3v) is 4.27. The summed E-state index contributed by atoms with van der Waals surface area (Å²) in [7, 11) is 1.79. The smallest absolute Gasteiger partial charge is 0.0806 e. The molecule has 2 unspecified atom stereocenters. The molecule has 1 fully saturated rings. The molecule has 3 heteroatoms. The maximum atomic E-state index is 6.08. The molecule has 0 bridgehead atoms. The molecule has 2 atom stereocenters. The highest BCUT2D eigenvalue weighted by Gasteiger charge is 2.37. The Kier molecular flexibility index (Phi) is 6.09. The van der Waals surface area contributed by atoms with Crippen LogP contribution in [0.15, 0.2) is 0 Å². The van der Waals surface area contributed by atoms with Gasteiger partial charge in [-0.3, -0.25) is 0 Å². The second-order valence-corrected chi connectivity index (χ2v) is 6.23. The number of methoxy groups -OCH3 is 1. The molecule has 1 aliphatic heterocycles. The van der Waals surface area contributed by atoms with Crippen molar-refractivity contribution in [1.82, 2.24) is 5.32 Å². The molecule has 0 aromatic rings. The van der Waals surface area contributed by atoms with Crippen LogP contribution in [0.4, 0.5) is 0 Å². The molecule has 108 valence electrons.